The second-order valence-electron chi connectivity index (χ2n) is 6.54. The van der Waals surface area contributed by atoms with Crippen molar-refractivity contribution in [2.75, 3.05) is 13.6 Å². The van der Waals surface area contributed by atoms with Gasteiger partial charge in [-0.25, -0.2) is 0 Å². The molecule has 0 aliphatic heterocycles. The van der Waals surface area contributed by atoms with Crippen LogP contribution in [0.25, 0.3) is 0 Å². The molecule has 0 spiro atoms. The van der Waals surface area contributed by atoms with E-state index in [9.17, 15) is 4.79 Å². The van der Waals surface area contributed by atoms with E-state index in [4.69, 9.17) is 0 Å². The Kier molecular flexibility index (Phi) is 5.87. The van der Waals surface area contributed by atoms with Crippen LogP contribution in [0.1, 0.15) is 49.8 Å². The summed E-state index contributed by atoms with van der Waals surface area (Å²) in [7, 11) is 1.92. The molecule has 1 aromatic carbocycles. The first kappa shape index (κ1) is 17.3. The Hall–Kier alpha value is -1.06. The quantitative estimate of drug-likeness (QED) is 0.901. The highest BCUT2D eigenvalue weighted by molar-refractivity contribution is 5.85. The molecule has 2 unspecified atom stereocenters. The summed E-state index contributed by atoms with van der Waals surface area (Å²) in [5, 5.41) is 3.14. The monoisotopic (exact) mass is 322 g/mol. The van der Waals surface area contributed by atoms with Gasteiger partial charge >= 0.3 is 0 Å². The maximum Gasteiger partial charge on any atom is 0.227 e. The highest BCUT2D eigenvalue weighted by Gasteiger charge is 2.40. The third-order valence-corrected chi connectivity index (χ3v) is 4.80. The molecule has 22 heavy (non-hydrogen) atoms. The Labute approximate surface area is 139 Å². The lowest BCUT2D eigenvalue weighted by atomic mass is 9.86. The van der Waals surface area contributed by atoms with Gasteiger partial charge in [0.2, 0.25) is 5.91 Å². The number of carbonyl (C=O) groups is 1. The Morgan fingerprint density at radius 3 is 2.73 bits per heavy atom. The van der Waals surface area contributed by atoms with E-state index in [2.05, 4.69) is 34.5 Å². The summed E-state index contributed by atoms with van der Waals surface area (Å²) in [5.41, 5.74) is 2.83. The molecule has 4 heteroatoms. The van der Waals surface area contributed by atoms with Gasteiger partial charge in [-0.3, -0.25) is 4.79 Å². The first-order valence-electron chi connectivity index (χ1n) is 8.27. The summed E-state index contributed by atoms with van der Waals surface area (Å²) in [6.07, 6.45) is 5.82. The minimum Gasteiger partial charge on any atom is -0.332 e. The van der Waals surface area contributed by atoms with E-state index in [1.807, 2.05) is 14.0 Å². The molecular formula is C18H27ClN2O. The Bertz CT molecular complexity index is 516. The smallest absolute Gasteiger partial charge is 0.227 e. The van der Waals surface area contributed by atoms with E-state index in [0.29, 0.717) is 18.0 Å². The molecular weight excluding hydrogens is 296 g/mol. The van der Waals surface area contributed by atoms with Gasteiger partial charge in [-0.2, -0.15) is 0 Å². The summed E-state index contributed by atoms with van der Waals surface area (Å²) in [6.45, 7) is 2.80. The van der Waals surface area contributed by atoms with Crippen LogP contribution in [0.4, 0.5) is 0 Å². The van der Waals surface area contributed by atoms with Crippen LogP contribution in [0.5, 0.6) is 0 Å². The number of benzene rings is 1. The molecule has 0 bridgehead atoms. The van der Waals surface area contributed by atoms with Crippen molar-refractivity contribution in [1.82, 2.24) is 10.2 Å². The van der Waals surface area contributed by atoms with Crippen molar-refractivity contribution in [3.8, 4) is 0 Å². The summed E-state index contributed by atoms with van der Waals surface area (Å²) in [4.78, 5) is 15.1. The Morgan fingerprint density at radius 2 is 2.05 bits per heavy atom. The molecule has 0 radical (unpaired) electrons. The standard InChI is InChI=1S/C18H26N2O.ClH/c1-13(12-19-2)18(21)20(15-10-11-15)17-9-5-7-14-6-3-4-8-16(14)17;/h3-4,6,8,13,15,17,19H,5,7,9-12H2,1-2H3;1H. The number of hydrogen-bond acceptors (Lipinski definition) is 2. The molecule has 3 nitrogen and oxygen atoms in total. The van der Waals surface area contributed by atoms with Gasteiger partial charge in [0, 0.05) is 18.5 Å². The number of aryl methyl sites for hydroxylation is 1. The Morgan fingerprint density at radius 1 is 1.32 bits per heavy atom. The van der Waals surface area contributed by atoms with Crippen molar-refractivity contribution in [3.63, 3.8) is 0 Å². The van der Waals surface area contributed by atoms with Crippen LogP contribution in [-0.4, -0.2) is 30.4 Å². The van der Waals surface area contributed by atoms with Crippen molar-refractivity contribution >= 4 is 18.3 Å². The number of amides is 1. The molecule has 122 valence electrons. The van der Waals surface area contributed by atoms with Gasteiger partial charge in [-0.15, -0.1) is 12.4 Å². The minimum absolute atomic E-state index is 0. The Balaban J connectivity index is 0.00000176. The zero-order valence-corrected chi connectivity index (χ0v) is 14.4. The van der Waals surface area contributed by atoms with Gasteiger partial charge in [-0.1, -0.05) is 31.2 Å². The zero-order chi connectivity index (χ0) is 14.8. The molecule has 0 heterocycles. The van der Waals surface area contributed by atoms with Crippen molar-refractivity contribution in [2.24, 2.45) is 5.92 Å². The van der Waals surface area contributed by atoms with Gasteiger partial charge in [0.1, 0.15) is 0 Å². The summed E-state index contributed by atoms with van der Waals surface area (Å²) >= 11 is 0. The molecule has 1 N–H and O–H groups in total. The maximum absolute atomic E-state index is 12.9. The van der Waals surface area contributed by atoms with Crippen LogP contribution in [0, 0.1) is 5.92 Å². The fourth-order valence-electron chi connectivity index (χ4n) is 3.61. The SMILES string of the molecule is CNCC(C)C(=O)N(C1CC1)C1CCCc2ccccc21.Cl. The van der Waals surface area contributed by atoms with E-state index in [-0.39, 0.29) is 18.3 Å². The molecule has 0 saturated heterocycles. The summed E-state index contributed by atoms with van der Waals surface area (Å²) < 4.78 is 0. The van der Waals surface area contributed by atoms with Crippen LogP contribution in [0.3, 0.4) is 0 Å². The average molecular weight is 323 g/mol. The molecule has 1 fully saturated rings. The normalized spacial score (nSPS) is 21.5. The highest BCUT2D eigenvalue weighted by Crippen LogP contribution is 2.41. The third-order valence-electron chi connectivity index (χ3n) is 4.80. The molecule has 2 atom stereocenters. The lowest BCUT2D eigenvalue weighted by Crippen LogP contribution is -2.43. The second kappa shape index (κ2) is 7.47. The van der Waals surface area contributed by atoms with Crippen LogP contribution >= 0.6 is 12.4 Å². The first-order chi connectivity index (χ1) is 10.2. The topological polar surface area (TPSA) is 32.3 Å². The minimum atomic E-state index is 0. The van der Waals surface area contributed by atoms with Gasteiger partial charge in [0.15, 0.2) is 0 Å². The average Bonchev–Trinajstić information content (AvgIpc) is 3.33. The second-order valence-corrected chi connectivity index (χ2v) is 6.54. The van der Waals surface area contributed by atoms with Gasteiger partial charge < -0.3 is 10.2 Å². The number of carbonyl (C=O) groups excluding carboxylic acids is 1. The zero-order valence-electron chi connectivity index (χ0n) is 13.5. The van der Waals surface area contributed by atoms with Crippen molar-refractivity contribution < 1.29 is 4.79 Å². The molecule has 2 aliphatic rings. The van der Waals surface area contributed by atoms with Crippen LogP contribution in [-0.2, 0) is 11.2 Å². The van der Waals surface area contributed by atoms with Crippen LogP contribution in [0.2, 0.25) is 0 Å². The van der Waals surface area contributed by atoms with Crippen molar-refractivity contribution in [3.05, 3.63) is 35.4 Å². The fourth-order valence-corrected chi connectivity index (χ4v) is 3.61. The molecule has 3 rings (SSSR count). The van der Waals surface area contributed by atoms with E-state index in [1.54, 1.807) is 0 Å². The summed E-state index contributed by atoms with van der Waals surface area (Å²) in [5.74, 6) is 0.387. The lowest BCUT2D eigenvalue weighted by molar-refractivity contribution is -0.138. The predicted molar refractivity (Wildman–Crippen MR) is 92.3 cm³/mol. The number of rotatable bonds is 5. The van der Waals surface area contributed by atoms with Gasteiger partial charge in [-0.05, 0) is 50.3 Å². The fraction of sp³-hybridized carbons (Fsp3) is 0.611. The molecule has 1 aromatic rings. The maximum atomic E-state index is 12.9. The van der Waals surface area contributed by atoms with E-state index >= 15 is 0 Å². The number of nitrogens with one attached hydrogen (secondary N) is 1. The summed E-state index contributed by atoms with van der Waals surface area (Å²) in [6, 6.07) is 9.47. The molecule has 0 aromatic heterocycles. The van der Waals surface area contributed by atoms with Crippen LogP contribution in [0.15, 0.2) is 24.3 Å². The van der Waals surface area contributed by atoms with Crippen molar-refractivity contribution in [2.45, 2.75) is 51.1 Å². The number of nitrogens with zero attached hydrogens (tertiary/aromatic N) is 1. The predicted octanol–water partition coefficient (Wildman–Crippen LogP) is 3.33. The number of hydrogen-bond donors (Lipinski definition) is 1. The van der Waals surface area contributed by atoms with Gasteiger partial charge in [0.05, 0.1) is 6.04 Å². The lowest BCUT2D eigenvalue weighted by Gasteiger charge is -2.37. The first-order valence-corrected chi connectivity index (χ1v) is 8.27. The number of halogens is 1. The van der Waals surface area contributed by atoms with E-state index in [1.165, 1.54) is 30.4 Å². The molecule has 2 aliphatic carbocycles. The van der Waals surface area contributed by atoms with Gasteiger partial charge in [0.25, 0.3) is 0 Å². The van der Waals surface area contributed by atoms with E-state index < -0.39 is 0 Å². The largest absolute Gasteiger partial charge is 0.332 e. The third kappa shape index (κ3) is 3.47. The highest BCUT2D eigenvalue weighted by atomic mass is 35.5. The van der Waals surface area contributed by atoms with Crippen LogP contribution < -0.4 is 5.32 Å². The molecule has 1 saturated carbocycles. The van der Waals surface area contributed by atoms with E-state index in [0.717, 1.165) is 19.4 Å². The number of fused-ring (bicyclic) bond motifs is 1. The van der Waals surface area contributed by atoms with Crippen molar-refractivity contribution in [1.29, 1.82) is 0 Å². The molecule has 1 amide bonds.